The highest BCUT2D eigenvalue weighted by Crippen LogP contribution is 2.16. The topological polar surface area (TPSA) is 21.3 Å². The van der Waals surface area contributed by atoms with Gasteiger partial charge in [0, 0.05) is 12.6 Å². The van der Waals surface area contributed by atoms with Crippen LogP contribution in [0.2, 0.25) is 0 Å². The molecule has 0 aliphatic rings. The maximum absolute atomic E-state index is 13.3. The predicted molar refractivity (Wildman–Crippen MR) is 67.3 cm³/mol. The molecule has 17 heavy (non-hydrogen) atoms. The van der Waals surface area contributed by atoms with Crippen molar-refractivity contribution in [3.8, 4) is 18.1 Å². The molecule has 0 fully saturated rings. The molecule has 0 spiro atoms. The molecule has 1 rings (SSSR count). The van der Waals surface area contributed by atoms with E-state index in [9.17, 15) is 4.39 Å². The molecule has 0 amide bonds. The van der Waals surface area contributed by atoms with E-state index in [4.69, 9.17) is 11.2 Å². The lowest BCUT2D eigenvalue weighted by molar-refractivity contribution is 0.367. The number of nitrogens with one attached hydrogen (secondary N) is 1. The molecule has 0 bridgehead atoms. The van der Waals surface area contributed by atoms with Crippen LogP contribution in [0.3, 0.4) is 0 Å². The molecular formula is C14H18FNO. The monoisotopic (exact) mass is 235 g/mol. The Morgan fingerprint density at radius 1 is 1.41 bits per heavy atom. The maximum Gasteiger partial charge on any atom is 0.148 e. The second-order valence-electron chi connectivity index (χ2n) is 4.31. The zero-order chi connectivity index (χ0) is 12.7. The highest BCUT2D eigenvalue weighted by atomic mass is 19.1. The summed E-state index contributed by atoms with van der Waals surface area (Å²) < 4.78 is 18.5. The zero-order valence-corrected chi connectivity index (χ0v) is 10.3. The quantitative estimate of drug-likeness (QED) is 0.765. The van der Waals surface area contributed by atoms with Crippen LogP contribution in [0, 0.1) is 24.1 Å². The molecule has 0 aliphatic carbocycles. The molecule has 0 aliphatic heterocycles. The van der Waals surface area contributed by atoms with Crippen LogP contribution in [-0.4, -0.2) is 13.2 Å². The lowest BCUT2D eigenvalue weighted by Gasteiger charge is -2.09. The number of ether oxygens (including phenoxy) is 1. The molecule has 0 aromatic heterocycles. The molecule has 0 saturated heterocycles. The van der Waals surface area contributed by atoms with Gasteiger partial charge in [0.1, 0.15) is 18.2 Å². The first-order chi connectivity index (χ1) is 8.11. The Kier molecular flexibility index (Phi) is 5.51. The first-order valence-corrected chi connectivity index (χ1v) is 5.68. The summed E-state index contributed by atoms with van der Waals surface area (Å²) in [5.41, 5.74) is 0.859. The van der Waals surface area contributed by atoms with Gasteiger partial charge >= 0.3 is 0 Å². The smallest absolute Gasteiger partial charge is 0.148 e. The van der Waals surface area contributed by atoms with Crippen molar-refractivity contribution in [3.63, 3.8) is 0 Å². The molecule has 0 atom stereocenters. The Morgan fingerprint density at radius 3 is 2.82 bits per heavy atom. The number of terminal acetylenes is 1. The summed E-state index contributed by atoms with van der Waals surface area (Å²) in [6.45, 7) is 5.93. The van der Waals surface area contributed by atoms with Crippen molar-refractivity contribution >= 4 is 0 Å². The zero-order valence-electron chi connectivity index (χ0n) is 10.3. The molecule has 0 unspecified atom stereocenters. The van der Waals surface area contributed by atoms with Crippen LogP contribution in [-0.2, 0) is 6.54 Å². The van der Waals surface area contributed by atoms with Crippen LogP contribution < -0.4 is 10.1 Å². The molecule has 1 N–H and O–H groups in total. The average molecular weight is 235 g/mol. The molecule has 2 nitrogen and oxygen atoms in total. The van der Waals surface area contributed by atoms with E-state index in [1.54, 1.807) is 6.07 Å². The molecule has 0 radical (unpaired) electrons. The fraction of sp³-hybridized carbons (Fsp3) is 0.429. The molecule has 92 valence electrons. The van der Waals surface area contributed by atoms with E-state index in [0.717, 1.165) is 12.1 Å². The third-order valence-electron chi connectivity index (χ3n) is 2.13. The van der Waals surface area contributed by atoms with E-state index in [1.807, 2.05) is 0 Å². The van der Waals surface area contributed by atoms with E-state index in [0.29, 0.717) is 18.2 Å². The van der Waals surface area contributed by atoms with Gasteiger partial charge in [-0.3, -0.25) is 0 Å². The average Bonchev–Trinajstić information content (AvgIpc) is 2.25. The molecule has 0 heterocycles. The Balaban J connectivity index is 2.59. The van der Waals surface area contributed by atoms with Gasteiger partial charge in [0.05, 0.1) is 0 Å². The fourth-order valence-corrected chi connectivity index (χ4v) is 1.44. The standard InChI is InChI=1S/C14H18FNO/c1-4-5-17-14-7-12(6-13(15)8-14)10-16-9-11(2)3/h1,6-8,11,16H,5,9-10H2,2-3H3. The molecule has 3 heteroatoms. The summed E-state index contributed by atoms with van der Waals surface area (Å²) in [6, 6.07) is 4.63. The van der Waals surface area contributed by atoms with E-state index >= 15 is 0 Å². The summed E-state index contributed by atoms with van der Waals surface area (Å²) >= 11 is 0. The van der Waals surface area contributed by atoms with Crippen molar-refractivity contribution in [2.24, 2.45) is 5.92 Å². The van der Waals surface area contributed by atoms with Crippen LogP contribution in [0.1, 0.15) is 19.4 Å². The highest BCUT2D eigenvalue weighted by molar-refractivity contribution is 5.29. The van der Waals surface area contributed by atoms with Crippen molar-refractivity contribution in [2.45, 2.75) is 20.4 Å². The Morgan fingerprint density at radius 2 is 2.18 bits per heavy atom. The van der Waals surface area contributed by atoms with E-state index < -0.39 is 0 Å². The minimum atomic E-state index is -0.305. The summed E-state index contributed by atoms with van der Waals surface area (Å²) in [4.78, 5) is 0. The SMILES string of the molecule is C#CCOc1cc(F)cc(CNCC(C)C)c1. The van der Waals surface area contributed by atoms with Gasteiger partial charge < -0.3 is 10.1 Å². The van der Waals surface area contributed by atoms with Gasteiger partial charge in [0.15, 0.2) is 0 Å². The first kappa shape index (κ1) is 13.5. The van der Waals surface area contributed by atoms with Crippen molar-refractivity contribution in [3.05, 3.63) is 29.6 Å². The number of benzene rings is 1. The predicted octanol–water partition coefficient (Wildman–Crippen LogP) is 2.58. The summed E-state index contributed by atoms with van der Waals surface area (Å²) in [5.74, 6) is 3.09. The first-order valence-electron chi connectivity index (χ1n) is 5.68. The second kappa shape index (κ2) is 6.93. The van der Waals surface area contributed by atoms with Gasteiger partial charge in [0.2, 0.25) is 0 Å². The maximum atomic E-state index is 13.3. The minimum Gasteiger partial charge on any atom is -0.481 e. The van der Waals surface area contributed by atoms with Crippen molar-refractivity contribution in [1.29, 1.82) is 0 Å². The van der Waals surface area contributed by atoms with Gasteiger partial charge in [0.25, 0.3) is 0 Å². The van der Waals surface area contributed by atoms with Crippen LogP contribution in [0.25, 0.3) is 0 Å². The normalized spacial score (nSPS) is 10.3. The molecule has 1 aromatic rings. The number of halogens is 1. The van der Waals surface area contributed by atoms with Crippen LogP contribution in [0.5, 0.6) is 5.75 Å². The van der Waals surface area contributed by atoms with Crippen LogP contribution in [0.4, 0.5) is 4.39 Å². The lowest BCUT2D eigenvalue weighted by atomic mass is 10.2. The fourth-order valence-electron chi connectivity index (χ4n) is 1.44. The van der Waals surface area contributed by atoms with Gasteiger partial charge in [-0.1, -0.05) is 19.8 Å². The summed E-state index contributed by atoms with van der Waals surface area (Å²) in [7, 11) is 0. The Bertz CT molecular complexity index is 396. The van der Waals surface area contributed by atoms with E-state index in [-0.39, 0.29) is 12.4 Å². The third-order valence-corrected chi connectivity index (χ3v) is 2.13. The lowest BCUT2D eigenvalue weighted by Crippen LogP contribution is -2.19. The molecular weight excluding hydrogens is 217 g/mol. The Hall–Kier alpha value is -1.53. The van der Waals surface area contributed by atoms with Gasteiger partial charge in [-0.15, -0.1) is 6.42 Å². The minimum absolute atomic E-state index is 0.155. The highest BCUT2D eigenvalue weighted by Gasteiger charge is 2.02. The van der Waals surface area contributed by atoms with Gasteiger partial charge in [-0.05, 0) is 30.2 Å². The number of rotatable bonds is 6. The van der Waals surface area contributed by atoms with E-state index in [1.165, 1.54) is 12.1 Å². The third kappa shape index (κ3) is 5.37. The van der Waals surface area contributed by atoms with Crippen molar-refractivity contribution < 1.29 is 9.13 Å². The largest absolute Gasteiger partial charge is 0.481 e. The second-order valence-corrected chi connectivity index (χ2v) is 4.31. The van der Waals surface area contributed by atoms with E-state index in [2.05, 4.69) is 25.1 Å². The number of hydrogen-bond donors (Lipinski definition) is 1. The molecule has 1 aromatic carbocycles. The van der Waals surface area contributed by atoms with Crippen LogP contribution in [0.15, 0.2) is 18.2 Å². The summed E-state index contributed by atoms with van der Waals surface area (Å²) in [6.07, 6.45) is 5.08. The van der Waals surface area contributed by atoms with Crippen molar-refractivity contribution in [2.75, 3.05) is 13.2 Å². The number of hydrogen-bond acceptors (Lipinski definition) is 2. The van der Waals surface area contributed by atoms with Crippen molar-refractivity contribution in [1.82, 2.24) is 5.32 Å². The van der Waals surface area contributed by atoms with Crippen LogP contribution >= 0.6 is 0 Å². The van der Waals surface area contributed by atoms with Gasteiger partial charge in [-0.2, -0.15) is 0 Å². The Labute approximate surface area is 102 Å². The van der Waals surface area contributed by atoms with Gasteiger partial charge in [-0.25, -0.2) is 4.39 Å². The molecule has 0 saturated carbocycles. The summed E-state index contributed by atoms with van der Waals surface area (Å²) in [5, 5.41) is 3.25.